The first-order valence-electron chi connectivity index (χ1n) is 6.95. The molecule has 0 aliphatic rings. The van der Waals surface area contributed by atoms with E-state index in [1.165, 1.54) is 18.2 Å². The lowest BCUT2D eigenvalue weighted by molar-refractivity contribution is -0.356. The molecular weight excluding hydrogens is 406 g/mol. The van der Waals surface area contributed by atoms with Crippen LogP contribution in [0.5, 0.6) is 0 Å². The quantitative estimate of drug-likeness (QED) is 0.434. The molecule has 5 nitrogen and oxygen atoms in total. The summed E-state index contributed by atoms with van der Waals surface area (Å²) in [5, 5.41) is 0.849. The minimum atomic E-state index is -6.41. The Hall–Kier alpha value is -2.34. The van der Waals surface area contributed by atoms with Gasteiger partial charge in [0.1, 0.15) is 0 Å². The summed E-state index contributed by atoms with van der Waals surface area (Å²) in [5.41, 5.74) is -6.18. The maximum atomic E-state index is 13.1. The van der Waals surface area contributed by atoms with E-state index in [1.807, 2.05) is 0 Å². The van der Waals surface area contributed by atoms with Crippen molar-refractivity contribution in [2.75, 3.05) is 5.75 Å². The summed E-state index contributed by atoms with van der Waals surface area (Å²) in [7, 11) is -6.08. The fourth-order valence-corrected chi connectivity index (χ4v) is 3.14. The van der Waals surface area contributed by atoms with Gasteiger partial charge in [0.05, 0.1) is 21.4 Å². The highest BCUT2D eigenvalue weighted by molar-refractivity contribution is 7.85. The second kappa shape index (κ2) is 6.68. The molecular formula is C15H9F6O5S-. The molecule has 0 bridgehead atoms. The van der Waals surface area contributed by atoms with E-state index in [-0.39, 0.29) is 0 Å². The van der Waals surface area contributed by atoms with Gasteiger partial charge in [-0.05, 0) is 22.9 Å². The van der Waals surface area contributed by atoms with Crippen LogP contribution in [0, 0.1) is 0 Å². The first kappa shape index (κ1) is 21.0. The fourth-order valence-electron chi connectivity index (χ4n) is 2.25. The fraction of sp³-hybridized carbons (Fsp3) is 0.267. The number of fused-ring (bicyclic) bond motifs is 1. The van der Waals surface area contributed by atoms with Gasteiger partial charge in [-0.1, -0.05) is 30.3 Å². The highest BCUT2D eigenvalue weighted by Gasteiger charge is 2.75. The third-order valence-corrected chi connectivity index (χ3v) is 4.31. The van der Waals surface area contributed by atoms with Crippen LogP contribution in [0.2, 0.25) is 0 Å². The molecule has 0 unspecified atom stereocenters. The predicted molar refractivity (Wildman–Crippen MR) is 78.8 cm³/mol. The Morgan fingerprint density at radius 3 is 1.93 bits per heavy atom. The molecule has 0 amide bonds. The molecule has 12 heteroatoms. The Labute approximate surface area is 148 Å². The number of alkyl halides is 6. The first-order chi connectivity index (χ1) is 12.2. The summed E-state index contributed by atoms with van der Waals surface area (Å²) in [6, 6.07) is 9.27. The van der Waals surface area contributed by atoms with Crippen LogP contribution in [0.3, 0.4) is 0 Å². The lowest BCUT2D eigenvalue weighted by atomic mass is 10.0. The van der Waals surface area contributed by atoms with Crippen molar-refractivity contribution in [3.05, 3.63) is 48.0 Å². The molecule has 2 rings (SSSR count). The molecule has 2 aromatic carbocycles. The molecule has 0 N–H and O–H groups in total. The summed E-state index contributed by atoms with van der Waals surface area (Å²) in [6.45, 7) is 0. The average molecular weight is 415 g/mol. The smallest absolute Gasteiger partial charge is 0.438 e. The highest BCUT2D eigenvalue weighted by atomic mass is 32.2. The normalized spacial score (nSPS) is 13.6. The Kier molecular flexibility index (Phi) is 5.18. The average Bonchev–Trinajstić information content (AvgIpc) is 2.50. The molecule has 0 aliphatic heterocycles. The number of benzene rings is 2. The van der Waals surface area contributed by atoms with E-state index < -0.39 is 45.4 Å². The zero-order valence-corrected chi connectivity index (χ0v) is 13.8. The molecule has 148 valence electrons. The lowest BCUT2D eigenvalue weighted by Gasteiger charge is -2.36. The molecule has 0 heterocycles. The van der Waals surface area contributed by atoms with E-state index in [2.05, 4.69) is 4.74 Å². The summed E-state index contributed by atoms with van der Waals surface area (Å²) in [4.78, 5) is 12.0. The van der Waals surface area contributed by atoms with Crippen molar-refractivity contribution in [3.8, 4) is 0 Å². The third-order valence-electron chi connectivity index (χ3n) is 3.55. The van der Waals surface area contributed by atoms with Gasteiger partial charge in [0, 0.05) is 0 Å². The second-order valence-corrected chi connectivity index (χ2v) is 6.88. The minimum Gasteiger partial charge on any atom is -0.748 e. The monoisotopic (exact) mass is 415 g/mol. The van der Waals surface area contributed by atoms with Gasteiger partial charge in [0.15, 0.2) is 0 Å². The minimum absolute atomic E-state index is 0.313. The number of esters is 1. The van der Waals surface area contributed by atoms with Gasteiger partial charge in [-0.25, -0.2) is 13.2 Å². The van der Waals surface area contributed by atoms with E-state index in [4.69, 9.17) is 0 Å². The van der Waals surface area contributed by atoms with Crippen LogP contribution >= 0.6 is 0 Å². The van der Waals surface area contributed by atoms with Crippen molar-refractivity contribution < 1.29 is 48.8 Å². The van der Waals surface area contributed by atoms with Crippen LogP contribution in [-0.4, -0.2) is 42.6 Å². The molecule has 0 radical (unpaired) electrons. The van der Waals surface area contributed by atoms with Crippen molar-refractivity contribution >= 4 is 26.9 Å². The number of halogens is 6. The van der Waals surface area contributed by atoms with E-state index in [0.717, 1.165) is 12.1 Å². The van der Waals surface area contributed by atoms with Gasteiger partial charge >= 0.3 is 23.9 Å². The van der Waals surface area contributed by atoms with Crippen molar-refractivity contribution in [2.24, 2.45) is 0 Å². The second-order valence-electron chi connectivity index (χ2n) is 5.48. The van der Waals surface area contributed by atoms with Gasteiger partial charge in [-0.2, -0.15) is 26.3 Å². The zero-order valence-electron chi connectivity index (χ0n) is 13.0. The number of rotatable bonds is 4. The first-order valence-corrected chi connectivity index (χ1v) is 8.53. The van der Waals surface area contributed by atoms with Crippen LogP contribution in [-0.2, 0) is 14.9 Å². The van der Waals surface area contributed by atoms with Crippen LogP contribution < -0.4 is 0 Å². The van der Waals surface area contributed by atoms with Crippen molar-refractivity contribution in [3.63, 3.8) is 0 Å². The SMILES string of the molecule is O=C(OC(CS(=O)(=O)[O-])(C(F)(F)F)C(F)(F)F)c1ccc2ccccc2c1. The molecule has 0 aromatic heterocycles. The zero-order chi connectivity index (χ0) is 20.7. The van der Waals surface area contributed by atoms with Crippen LogP contribution in [0.1, 0.15) is 10.4 Å². The molecule has 0 saturated carbocycles. The summed E-state index contributed by atoms with van der Waals surface area (Å²) in [6.07, 6.45) is -12.8. The Balaban J connectivity index is 2.54. The Bertz CT molecular complexity index is 951. The van der Waals surface area contributed by atoms with Crippen molar-refractivity contribution in [2.45, 2.75) is 18.0 Å². The van der Waals surface area contributed by atoms with Gasteiger partial charge in [0.25, 0.3) is 0 Å². The topological polar surface area (TPSA) is 83.5 Å². The van der Waals surface area contributed by atoms with Crippen LogP contribution in [0.15, 0.2) is 42.5 Å². The van der Waals surface area contributed by atoms with Gasteiger partial charge < -0.3 is 9.29 Å². The molecule has 0 aliphatic carbocycles. The maximum Gasteiger partial charge on any atom is 0.438 e. The number of hydrogen-bond donors (Lipinski definition) is 0. The van der Waals surface area contributed by atoms with Crippen molar-refractivity contribution in [1.29, 1.82) is 0 Å². The maximum absolute atomic E-state index is 13.1. The summed E-state index contributed by atoms with van der Waals surface area (Å²) >= 11 is 0. The van der Waals surface area contributed by atoms with E-state index in [0.29, 0.717) is 10.8 Å². The van der Waals surface area contributed by atoms with Crippen molar-refractivity contribution in [1.82, 2.24) is 0 Å². The molecule has 0 fully saturated rings. The number of carbonyl (C=O) groups excluding carboxylic acids is 1. The largest absolute Gasteiger partial charge is 0.748 e. The predicted octanol–water partition coefficient (Wildman–Crippen LogP) is 3.41. The lowest BCUT2D eigenvalue weighted by Crippen LogP contribution is -2.63. The molecule has 27 heavy (non-hydrogen) atoms. The standard InChI is InChI=1S/C15H10F6O5S/c16-14(17,18)13(15(19,20)21,8-27(23,24)25)26-12(22)11-6-5-9-3-1-2-4-10(9)7-11/h1-7H,8H2,(H,23,24,25)/p-1. The molecule has 2 aromatic rings. The number of hydrogen-bond acceptors (Lipinski definition) is 5. The van der Waals surface area contributed by atoms with E-state index >= 15 is 0 Å². The van der Waals surface area contributed by atoms with Crippen LogP contribution in [0.4, 0.5) is 26.3 Å². The third kappa shape index (κ3) is 4.33. The Morgan fingerprint density at radius 2 is 1.44 bits per heavy atom. The van der Waals surface area contributed by atoms with E-state index in [1.54, 1.807) is 12.1 Å². The molecule has 0 spiro atoms. The molecule has 0 saturated heterocycles. The number of ether oxygens (including phenoxy) is 1. The summed E-state index contributed by atoms with van der Waals surface area (Å²) < 4.78 is 114. The van der Waals surface area contributed by atoms with Gasteiger partial charge in [0.2, 0.25) is 0 Å². The number of carbonyl (C=O) groups is 1. The van der Waals surface area contributed by atoms with Crippen LogP contribution in [0.25, 0.3) is 10.8 Å². The van der Waals surface area contributed by atoms with Gasteiger partial charge in [-0.3, -0.25) is 0 Å². The Morgan fingerprint density at radius 1 is 0.926 bits per heavy atom. The molecule has 0 atom stereocenters. The van der Waals surface area contributed by atoms with E-state index in [9.17, 15) is 44.1 Å². The summed E-state index contributed by atoms with van der Waals surface area (Å²) in [5.74, 6) is -5.12. The highest BCUT2D eigenvalue weighted by Crippen LogP contribution is 2.47. The van der Waals surface area contributed by atoms with Gasteiger partial charge in [-0.15, -0.1) is 0 Å².